The van der Waals surface area contributed by atoms with Gasteiger partial charge < -0.3 is 4.42 Å². The van der Waals surface area contributed by atoms with Gasteiger partial charge in [0.25, 0.3) is 0 Å². The second-order valence-corrected chi connectivity index (χ2v) is 12.8. The van der Waals surface area contributed by atoms with Crippen LogP contribution in [-0.4, -0.2) is 0 Å². The van der Waals surface area contributed by atoms with Gasteiger partial charge in [-0.3, -0.25) is 0 Å². The third-order valence-corrected chi connectivity index (χ3v) is 10.1. The zero-order chi connectivity index (χ0) is 32.3. The molecular formula is C48H30O. The van der Waals surface area contributed by atoms with Crippen LogP contribution in [0, 0.1) is 0 Å². The van der Waals surface area contributed by atoms with Crippen molar-refractivity contribution in [3.63, 3.8) is 0 Å². The van der Waals surface area contributed by atoms with Gasteiger partial charge in [0.15, 0.2) is 0 Å². The minimum Gasteiger partial charge on any atom is -0.456 e. The van der Waals surface area contributed by atoms with Crippen LogP contribution in [0.4, 0.5) is 0 Å². The highest BCUT2D eigenvalue weighted by molar-refractivity contribution is 6.23. The molecule has 228 valence electrons. The molecule has 1 nitrogen and oxygen atoms in total. The first-order valence-electron chi connectivity index (χ1n) is 16.8. The van der Waals surface area contributed by atoms with Crippen LogP contribution >= 0.6 is 0 Å². The molecule has 10 aromatic rings. The van der Waals surface area contributed by atoms with Crippen molar-refractivity contribution in [1.82, 2.24) is 0 Å². The minimum absolute atomic E-state index is 0.915. The second kappa shape index (κ2) is 11.1. The molecule has 0 N–H and O–H groups in total. The van der Waals surface area contributed by atoms with Crippen molar-refractivity contribution in [2.45, 2.75) is 0 Å². The van der Waals surface area contributed by atoms with Crippen molar-refractivity contribution < 1.29 is 4.42 Å². The molecule has 10 rings (SSSR count). The van der Waals surface area contributed by atoms with E-state index in [1.165, 1.54) is 82.2 Å². The van der Waals surface area contributed by atoms with Gasteiger partial charge in [-0.2, -0.15) is 0 Å². The van der Waals surface area contributed by atoms with Gasteiger partial charge in [-0.1, -0.05) is 164 Å². The molecule has 9 aromatic carbocycles. The zero-order valence-electron chi connectivity index (χ0n) is 26.7. The van der Waals surface area contributed by atoms with Crippen molar-refractivity contribution in [2.24, 2.45) is 0 Å². The quantitative estimate of drug-likeness (QED) is 0.178. The Morgan fingerprint density at radius 1 is 0.286 bits per heavy atom. The van der Waals surface area contributed by atoms with E-state index in [0.29, 0.717) is 0 Å². The molecule has 1 heterocycles. The number of rotatable bonds is 4. The van der Waals surface area contributed by atoms with E-state index in [-0.39, 0.29) is 0 Å². The van der Waals surface area contributed by atoms with Crippen LogP contribution in [0.3, 0.4) is 0 Å². The lowest BCUT2D eigenvalue weighted by molar-refractivity contribution is 0.669. The van der Waals surface area contributed by atoms with Gasteiger partial charge in [0.2, 0.25) is 0 Å². The summed E-state index contributed by atoms with van der Waals surface area (Å²) in [6, 6.07) is 65.8. The first-order chi connectivity index (χ1) is 24.3. The number of hydrogen-bond acceptors (Lipinski definition) is 1. The van der Waals surface area contributed by atoms with E-state index in [2.05, 4.69) is 182 Å². The Morgan fingerprint density at radius 2 is 0.816 bits per heavy atom. The van der Waals surface area contributed by atoms with Crippen molar-refractivity contribution >= 4 is 54.3 Å². The normalized spacial score (nSPS) is 11.7. The Balaban J connectivity index is 1.15. The predicted molar refractivity (Wildman–Crippen MR) is 208 cm³/mol. The molecule has 0 aliphatic carbocycles. The Hall–Kier alpha value is -6.44. The second-order valence-electron chi connectivity index (χ2n) is 12.8. The van der Waals surface area contributed by atoms with Crippen molar-refractivity contribution in [2.75, 3.05) is 0 Å². The maximum absolute atomic E-state index is 6.28. The molecule has 0 aliphatic rings. The molecule has 0 fully saturated rings. The predicted octanol–water partition coefficient (Wildman–Crippen LogP) is 13.7. The summed E-state index contributed by atoms with van der Waals surface area (Å²) in [7, 11) is 0. The fourth-order valence-electron chi connectivity index (χ4n) is 7.86. The first kappa shape index (κ1) is 27.7. The van der Waals surface area contributed by atoms with Crippen LogP contribution in [-0.2, 0) is 0 Å². The molecule has 0 radical (unpaired) electrons. The average molecular weight is 623 g/mol. The molecule has 1 heteroatoms. The maximum atomic E-state index is 6.28. The summed E-state index contributed by atoms with van der Waals surface area (Å²) >= 11 is 0. The lowest BCUT2D eigenvalue weighted by Gasteiger charge is -2.19. The van der Waals surface area contributed by atoms with Crippen LogP contribution in [0.15, 0.2) is 186 Å². The van der Waals surface area contributed by atoms with E-state index in [0.717, 1.165) is 16.6 Å². The highest BCUT2D eigenvalue weighted by Crippen LogP contribution is 2.46. The lowest BCUT2D eigenvalue weighted by Crippen LogP contribution is -1.92. The molecule has 0 amide bonds. The Bertz CT molecular complexity index is 2800. The molecule has 49 heavy (non-hydrogen) atoms. The summed E-state index contributed by atoms with van der Waals surface area (Å²) in [4.78, 5) is 0. The molecule has 0 unspecified atom stereocenters. The van der Waals surface area contributed by atoms with Gasteiger partial charge in [0.05, 0.1) is 0 Å². The van der Waals surface area contributed by atoms with E-state index < -0.39 is 0 Å². The number of furan rings is 1. The lowest BCUT2D eigenvalue weighted by atomic mass is 9.83. The summed E-state index contributed by atoms with van der Waals surface area (Å²) in [5.41, 5.74) is 11.7. The number of hydrogen-bond donors (Lipinski definition) is 0. The van der Waals surface area contributed by atoms with E-state index in [9.17, 15) is 0 Å². The first-order valence-corrected chi connectivity index (χ1v) is 16.8. The highest BCUT2D eigenvalue weighted by Gasteiger charge is 2.19. The minimum atomic E-state index is 0.915. The van der Waals surface area contributed by atoms with Gasteiger partial charge in [-0.25, -0.2) is 0 Å². The zero-order valence-corrected chi connectivity index (χ0v) is 26.7. The third-order valence-electron chi connectivity index (χ3n) is 10.1. The van der Waals surface area contributed by atoms with Gasteiger partial charge in [-0.15, -0.1) is 0 Å². The van der Waals surface area contributed by atoms with E-state index in [1.807, 2.05) is 0 Å². The fraction of sp³-hybridized carbons (Fsp3) is 0. The third kappa shape index (κ3) is 4.40. The Labute approximate surface area is 284 Å². The summed E-state index contributed by atoms with van der Waals surface area (Å²) in [5, 5.41) is 9.80. The highest BCUT2D eigenvalue weighted by atomic mass is 16.3. The topological polar surface area (TPSA) is 13.1 Å². The monoisotopic (exact) mass is 622 g/mol. The van der Waals surface area contributed by atoms with Crippen molar-refractivity contribution in [1.29, 1.82) is 0 Å². The number of fused-ring (bicyclic) bond motifs is 7. The SMILES string of the molecule is c1ccc(-c2ccccc2-c2c3ccccc3c(-c3ccc(-c4ccc5oc6ccc7ccccc7c6c5c4)cc3)c3ccccc23)cc1. The average Bonchev–Trinajstić information content (AvgIpc) is 3.56. The number of benzene rings is 9. The van der Waals surface area contributed by atoms with Crippen molar-refractivity contribution in [3.8, 4) is 44.5 Å². The van der Waals surface area contributed by atoms with Crippen LogP contribution in [0.25, 0.3) is 98.8 Å². The van der Waals surface area contributed by atoms with E-state index in [1.54, 1.807) is 0 Å². The van der Waals surface area contributed by atoms with Crippen LogP contribution < -0.4 is 0 Å². The van der Waals surface area contributed by atoms with Crippen molar-refractivity contribution in [3.05, 3.63) is 182 Å². The van der Waals surface area contributed by atoms with Gasteiger partial charge in [-0.05, 0) is 95.0 Å². The summed E-state index contributed by atoms with van der Waals surface area (Å²) in [6.45, 7) is 0. The van der Waals surface area contributed by atoms with Crippen LogP contribution in [0.5, 0.6) is 0 Å². The Morgan fingerprint density at radius 3 is 1.53 bits per heavy atom. The molecule has 0 saturated carbocycles. The standard InChI is InChI=1S/C48H30O/c1-2-12-32(13-3-1)36-15-6-7-17-38(36)47-41-20-10-8-18-39(41)46(40-19-9-11-21-42(40)47)34-24-22-31(23-25-34)35-27-28-44-43(30-35)48-37-16-5-4-14-33(37)26-29-45(48)49-44/h1-30H. The van der Waals surface area contributed by atoms with Gasteiger partial charge in [0, 0.05) is 10.8 Å². The molecular weight excluding hydrogens is 593 g/mol. The molecule has 1 aromatic heterocycles. The maximum Gasteiger partial charge on any atom is 0.136 e. The fourth-order valence-corrected chi connectivity index (χ4v) is 7.86. The molecule has 0 spiro atoms. The van der Waals surface area contributed by atoms with Gasteiger partial charge >= 0.3 is 0 Å². The summed E-state index contributed by atoms with van der Waals surface area (Å²) in [5.74, 6) is 0. The van der Waals surface area contributed by atoms with E-state index in [4.69, 9.17) is 4.42 Å². The summed E-state index contributed by atoms with van der Waals surface area (Å²) < 4.78 is 6.28. The van der Waals surface area contributed by atoms with E-state index >= 15 is 0 Å². The largest absolute Gasteiger partial charge is 0.456 e. The molecule has 0 saturated heterocycles. The van der Waals surface area contributed by atoms with Gasteiger partial charge in [0.1, 0.15) is 11.2 Å². The molecule has 0 bridgehead atoms. The van der Waals surface area contributed by atoms with Crippen LogP contribution in [0.1, 0.15) is 0 Å². The Kier molecular flexibility index (Phi) is 6.25. The molecule has 0 aliphatic heterocycles. The summed E-state index contributed by atoms with van der Waals surface area (Å²) in [6.07, 6.45) is 0. The molecule has 0 atom stereocenters. The van der Waals surface area contributed by atoms with Crippen LogP contribution in [0.2, 0.25) is 0 Å². The smallest absolute Gasteiger partial charge is 0.136 e.